The smallest absolute Gasteiger partial charge is 0.227 e. The van der Waals surface area contributed by atoms with Crippen molar-refractivity contribution in [2.45, 2.75) is 38.1 Å². The summed E-state index contributed by atoms with van der Waals surface area (Å²) in [6, 6.07) is 6.18. The van der Waals surface area contributed by atoms with Crippen molar-refractivity contribution in [3.63, 3.8) is 0 Å². The van der Waals surface area contributed by atoms with Gasteiger partial charge in [0.05, 0.1) is 5.92 Å². The first-order chi connectivity index (χ1) is 9.11. The van der Waals surface area contributed by atoms with E-state index >= 15 is 0 Å². The summed E-state index contributed by atoms with van der Waals surface area (Å²) in [4.78, 5) is 12.2. The summed E-state index contributed by atoms with van der Waals surface area (Å²) in [5, 5.41) is 12.0. The number of hydrogen-bond donors (Lipinski definition) is 2. The lowest BCUT2D eigenvalue weighted by Crippen LogP contribution is -2.39. The van der Waals surface area contributed by atoms with Crippen molar-refractivity contribution in [1.82, 2.24) is 5.32 Å². The van der Waals surface area contributed by atoms with Crippen LogP contribution >= 0.6 is 0 Å². The van der Waals surface area contributed by atoms with E-state index in [4.69, 9.17) is 5.11 Å². The van der Waals surface area contributed by atoms with E-state index in [-0.39, 0.29) is 30.3 Å². The molecule has 1 aromatic rings. The van der Waals surface area contributed by atoms with Crippen LogP contribution < -0.4 is 5.32 Å². The number of benzene rings is 1. The van der Waals surface area contributed by atoms with Gasteiger partial charge in [0, 0.05) is 12.6 Å². The summed E-state index contributed by atoms with van der Waals surface area (Å²) in [7, 11) is 0. The third-order valence-corrected chi connectivity index (χ3v) is 3.70. The SMILES string of the molecule is CC(C(=O)NC(CCO)C1CC1)c1cccc(F)c1. The molecule has 19 heavy (non-hydrogen) atoms. The van der Waals surface area contributed by atoms with E-state index in [9.17, 15) is 9.18 Å². The third-order valence-electron chi connectivity index (χ3n) is 3.70. The van der Waals surface area contributed by atoms with Gasteiger partial charge < -0.3 is 10.4 Å². The van der Waals surface area contributed by atoms with Crippen LogP contribution in [0.3, 0.4) is 0 Å². The summed E-state index contributed by atoms with van der Waals surface area (Å²) < 4.78 is 13.1. The summed E-state index contributed by atoms with van der Waals surface area (Å²) >= 11 is 0. The molecule has 0 aromatic heterocycles. The van der Waals surface area contributed by atoms with E-state index in [2.05, 4.69) is 5.32 Å². The van der Waals surface area contributed by atoms with Crippen LogP contribution in [0, 0.1) is 11.7 Å². The van der Waals surface area contributed by atoms with Crippen molar-refractivity contribution < 1.29 is 14.3 Å². The monoisotopic (exact) mass is 265 g/mol. The average Bonchev–Trinajstić information content (AvgIpc) is 3.21. The fraction of sp³-hybridized carbons (Fsp3) is 0.533. The van der Waals surface area contributed by atoms with Gasteiger partial charge in [-0.05, 0) is 49.8 Å². The molecule has 1 amide bonds. The zero-order valence-corrected chi connectivity index (χ0v) is 11.1. The van der Waals surface area contributed by atoms with Crippen LogP contribution in [0.15, 0.2) is 24.3 Å². The van der Waals surface area contributed by atoms with Crippen LogP contribution in [0.1, 0.15) is 37.7 Å². The number of carbonyl (C=O) groups is 1. The molecule has 1 aliphatic rings. The van der Waals surface area contributed by atoms with Crippen molar-refractivity contribution in [1.29, 1.82) is 0 Å². The molecule has 0 bridgehead atoms. The van der Waals surface area contributed by atoms with E-state index in [1.807, 2.05) is 0 Å². The van der Waals surface area contributed by atoms with Gasteiger partial charge in [-0.1, -0.05) is 12.1 Å². The second kappa shape index (κ2) is 6.15. The van der Waals surface area contributed by atoms with Gasteiger partial charge >= 0.3 is 0 Å². The quantitative estimate of drug-likeness (QED) is 0.828. The molecule has 0 heterocycles. The zero-order chi connectivity index (χ0) is 13.8. The average molecular weight is 265 g/mol. The van der Waals surface area contributed by atoms with Gasteiger partial charge in [-0.2, -0.15) is 0 Å². The van der Waals surface area contributed by atoms with Crippen LogP contribution in [0.5, 0.6) is 0 Å². The van der Waals surface area contributed by atoms with Crippen molar-refractivity contribution in [3.8, 4) is 0 Å². The minimum atomic E-state index is -0.379. The molecule has 4 heteroatoms. The van der Waals surface area contributed by atoms with E-state index < -0.39 is 0 Å². The van der Waals surface area contributed by atoms with Gasteiger partial charge in [0.15, 0.2) is 0 Å². The second-order valence-corrected chi connectivity index (χ2v) is 5.24. The van der Waals surface area contributed by atoms with Gasteiger partial charge in [0.2, 0.25) is 5.91 Å². The van der Waals surface area contributed by atoms with Crippen LogP contribution in [0.4, 0.5) is 4.39 Å². The minimum absolute atomic E-state index is 0.0495. The van der Waals surface area contributed by atoms with Crippen molar-refractivity contribution >= 4 is 5.91 Å². The summed E-state index contributed by atoms with van der Waals surface area (Å²) in [5.41, 5.74) is 0.677. The molecule has 0 aliphatic heterocycles. The standard InChI is InChI=1S/C15H20FNO2/c1-10(12-3-2-4-13(16)9-12)15(19)17-14(7-8-18)11-5-6-11/h2-4,9-11,14,18H,5-8H2,1H3,(H,17,19). The highest BCUT2D eigenvalue weighted by atomic mass is 19.1. The topological polar surface area (TPSA) is 49.3 Å². The van der Waals surface area contributed by atoms with Crippen LogP contribution in [0.25, 0.3) is 0 Å². The molecule has 0 radical (unpaired) electrons. The molecule has 1 saturated carbocycles. The molecule has 1 aromatic carbocycles. The molecule has 1 fully saturated rings. The summed E-state index contributed by atoms with van der Waals surface area (Å²) in [5.74, 6) is -0.311. The Hall–Kier alpha value is -1.42. The predicted molar refractivity (Wildman–Crippen MR) is 71.2 cm³/mol. The summed E-state index contributed by atoms with van der Waals surface area (Å²) in [6.07, 6.45) is 2.81. The first-order valence-corrected chi connectivity index (χ1v) is 6.78. The van der Waals surface area contributed by atoms with Crippen LogP contribution in [-0.2, 0) is 4.79 Å². The minimum Gasteiger partial charge on any atom is -0.396 e. The maximum atomic E-state index is 13.1. The first kappa shape index (κ1) is 14.0. The van der Waals surface area contributed by atoms with Gasteiger partial charge in [-0.25, -0.2) is 4.39 Å². The predicted octanol–water partition coefficient (Wildman–Crippen LogP) is 2.21. The second-order valence-electron chi connectivity index (χ2n) is 5.24. The molecule has 2 atom stereocenters. The van der Waals surface area contributed by atoms with Gasteiger partial charge in [-0.15, -0.1) is 0 Å². The molecule has 2 rings (SSSR count). The Labute approximate surface area is 112 Å². The largest absolute Gasteiger partial charge is 0.396 e. The molecular weight excluding hydrogens is 245 g/mol. The van der Waals surface area contributed by atoms with Gasteiger partial charge in [0.25, 0.3) is 0 Å². The van der Waals surface area contributed by atoms with Gasteiger partial charge in [0.1, 0.15) is 5.82 Å². The fourth-order valence-corrected chi connectivity index (χ4v) is 2.30. The van der Waals surface area contributed by atoms with Crippen LogP contribution in [0.2, 0.25) is 0 Å². The lowest BCUT2D eigenvalue weighted by atomic mass is 9.99. The summed E-state index contributed by atoms with van der Waals surface area (Å²) in [6.45, 7) is 1.85. The van der Waals surface area contributed by atoms with E-state index in [0.29, 0.717) is 17.9 Å². The molecule has 3 nitrogen and oxygen atoms in total. The molecule has 0 spiro atoms. The number of carbonyl (C=O) groups excluding carboxylic acids is 1. The maximum Gasteiger partial charge on any atom is 0.227 e. The highest BCUT2D eigenvalue weighted by molar-refractivity contribution is 5.83. The van der Waals surface area contributed by atoms with E-state index in [0.717, 1.165) is 12.8 Å². The van der Waals surface area contributed by atoms with E-state index in [1.54, 1.807) is 19.1 Å². The number of aliphatic hydroxyl groups is 1. The number of rotatable bonds is 6. The highest BCUT2D eigenvalue weighted by Crippen LogP contribution is 2.34. The fourth-order valence-electron chi connectivity index (χ4n) is 2.30. The number of nitrogens with one attached hydrogen (secondary N) is 1. The first-order valence-electron chi connectivity index (χ1n) is 6.78. The number of halogens is 1. The van der Waals surface area contributed by atoms with Crippen molar-refractivity contribution in [3.05, 3.63) is 35.6 Å². The Bertz CT molecular complexity index is 446. The molecule has 2 N–H and O–H groups in total. The maximum absolute atomic E-state index is 13.1. The van der Waals surface area contributed by atoms with Gasteiger partial charge in [-0.3, -0.25) is 4.79 Å². The van der Waals surface area contributed by atoms with Crippen molar-refractivity contribution in [2.24, 2.45) is 5.92 Å². The number of hydrogen-bond acceptors (Lipinski definition) is 2. The van der Waals surface area contributed by atoms with Crippen LogP contribution in [-0.4, -0.2) is 23.7 Å². The Morgan fingerprint density at radius 3 is 2.84 bits per heavy atom. The highest BCUT2D eigenvalue weighted by Gasteiger charge is 2.32. The molecule has 2 unspecified atom stereocenters. The third kappa shape index (κ3) is 3.77. The number of aliphatic hydroxyl groups excluding tert-OH is 1. The zero-order valence-electron chi connectivity index (χ0n) is 11.1. The van der Waals surface area contributed by atoms with Crippen molar-refractivity contribution in [2.75, 3.05) is 6.61 Å². The van der Waals surface area contributed by atoms with E-state index in [1.165, 1.54) is 12.1 Å². The Morgan fingerprint density at radius 1 is 1.53 bits per heavy atom. The number of amides is 1. The molecule has 0 saturated heterocycles. The molecule has 104 valence electrons. The lowest BCUT2D eigenvalue weighted by molar-refractivity contribution is -0.123. The lowest BCUT2D eigenvalue weighted by Gasteiger charge is -2.20. The molecule has 1 aliphatic carbocycles. The Balaban J connectivity index is 1.98. The Morgan fingerprint density at radius 2 is 2.26 bits per heavy atom. The normalized spacial score (nSPS) is 17.8. The Kier molecular flexibility index (Phi) is 4.53. The molecular formula is C15H20FNO2.